The zero-order valence-electron chi connectivity index (χ0n) is 5.13. The maximum Gasteiger partial charge on any atom is 0.0418 e. The summed E-state index contributed by atoms with van der Waals surface area (Å²) in [5.74, 6) is 2.78. The second-order valence-corrected chi connectivity index (χ2v) is 2.41. The van der Waals surface area contributed by atoms with E-state index < -0.39 is 0 Å². The summed E-state index contributed by atoms with van der Waals surface area (Å²) in [4.78, 5) is 0. The molecule has 0 aromatic heterocycles. The van der Waals surface area contributed by atoms with Crippen molar-refractivity contribution in [1.29, 1.82) is 0 Å². The number of hydrogen-bond donors (Lipinski definition) is 1. The molecule has 1 aromatic rings. The first-order chi connectivity index (χ1) is 4.83. The third-order valence-corrected chi connectivity index (χ3v) is 1.37. The summed E-state index contributed by atoms with van der Waals surface area (Å²) in [6.07, 6.45) is 0. The molecule has 1 aromatic carbocycles. The molecule has 0 bridgehead atoms. The molecule has 0 heterocycles. The van der Waals surface area contributed by atoms with E-state index in [1.54, 1.807) is 6.07 Å². The van der Waals surface area contributed by atoms with Crippen LogP contribution in [0.4, 0.5) is 0 Å². The lowest BCUT2D eigenvalue weighted by atomic mass is 10.2. The molecule has 0 saturated carbocycles. The Hall–Kier alpha value is -0.580. The molecule has 0 spiro atoms. The fourth-order valence-electron chi connectivity index (χ4n) is 0.631. The number of rotatable bonds is 0. The first-order valence-corrected chi connectivity index (χ1v) is 3.56. The van der Waals surface area contributed by atoms with Crippen molar-refractivity contribution in [3.63, 3.8) is 0 Å². The van der Waals surface area contributed by atoms with Crippen LogP contribution >= 0.6 is 24.2 Å². The Morgan fingerprint density at radius 1 is 1.40 bits per heavy atom. The maximum atomic E-state index is 5.69. The molecule has 1 rings (SSSR count). The van der Waals surface area contributed by atoms with Gasteiger partial charge in [-0.15, -0.1) is 0 Å². The first-order valence-electron chi connectivity index (χ1n) is 2.73. The molecule has 2 heteroatoms. The molecule has 0 unspecified atom stereocenters. The van der Waals surface area contributed by atoms with Crippen LogP contribution in [0.5, 0.6) is 0 Å². The zero-order chi connectivity index (χ0) is 7.40. The number of hydrogen-bond acceptors (Lipinski definition) is 1. The van der Waals surface area contributed by atoms with E-state index in [0.717, 1.165) is 5.56 Å². The van der Waals surface area contributed by atoms with Crippen molar-refractivity contribution in [1.82, 2.24) is 0 Å². The Bertz CT molecular complexity index is 283. The summed E-state index contributed by atoms with van der Waals surface area (Å²) in [7, 11) is 0. The van der Waals surface area contributed by atoms with E-state index >= 15 is 0 Å². The summed E-state index contributed by atoms with van der Waals surface area (Å²) in [5, 5.41) is 3.20. The molecular weight excluding hydrogens is 164 g/mol. The quantitative estimate of drug-likeness (QED) is 0.447. The maximum absolute atomic E-state index is 5.69. The summed E-state index contributed by atoms with van der Waals surface area (Å²) >= 11 is 9.45. The Balaban J connectivity index is 3.03. The van der Waals surface area contributed by atoms with Crippen LogP contribution in [0.2, 0.25) is 5.02 Å². The monoisotopic (exact) mass is 168 g/mol. The molecule has 10 heavy (non-hydrogen) atoms. The van der Waals surface area contributed by atoms with Gasteiger partial charge in [-0.25, -0.2) is 0 Å². The van der Waals surface area contributed by atoms with Gasteiger partial charge in [0.05, 0.1) is 0 Å². The van der Waals surface area contributed by atoms with Crippen LogP contribution in [-0.2, 0) is 0 Å². The molecule has 0 fully saturated rings. The van der Waals surface area contributed by atoms with Crippen molar-refractivity contribution in [2.75, 3.05) is 0 Å². The third kappa shape index (κ3) is 1.98. The van der Waals surface area contributed by atoms with Gasteiger partial charge in [-0.3, -0.25) is 0 Å². The van der Waals surface area contributed by atoms with Crippen molar-refractivity contribution >= 4 is 24.2 Å². The molecule has 0 aliphatic rings. The van der Waals surface area contributed by atoms with Gasteiger partial charge in [0, 0.05) is 10.6 Å². The van der Waals surface area contributed by atoms with Gasteiger partial charge < -0.3 is 0 Å². The van der Waals surface area contributed by atoms with E-state index in [9.17, 15) is 0 Å². The molecule has 0 aliphatic carbocycles. The Kier molecular flexibility index (Phi) is 2.68. The standard InChI is InChI=1S/C8H5ClS/c9-8-3-1-2-7(6-8)4-5-10/h1-3,6,10H. The van der Waals surface area contributed by atoms with Crippen molar-refractivity contribution in [2.45, 2.75) is 0 Å². The van der Waals surface area contributed by atoms with E-state index in [4.69, 9.17) is 11.6 Å². The SMILES string of the molecule is SC#Cc1cccc(Cl)c1. The van der Waals surface area contributed by atoms with Crippen LogP contribution in [0.15, 0.2) is 24.3 Å². The number of benzene rings is 1. The first kappa shape index (κ1) is 7.53. The lowest BCUT2D eigenvalue weighted by Crippen LogP contribution is -1.70. The molecular formula is C8H5ClS. The minimum absolute atomic E-state index is 0.702. The smallest absolute Gasteiger partial charge is 0.0418 e. The highest BCUT2D eigenvalue weighted by atomic mass is 35.5. The Labute approximate surface area is 70.6 Å². The van der Waals surface area contributed by atoms with Crippen LogP contribution in [0.25, 0.3) is 0 Å². The van der Waals surface area contributed by atoms with Gasteiger partial charge in [-0.1, -0.05) is 36.2 Å². The summed E-state index contributed by atoms with van der Waals surface area (Å²) in [5.41, 5.74) is 0.891. The Morgan fingerprint density at radius 3 is 2.80 bits per heavy atom. The average molecular weight is 169 g/mol. The highest BCUT2D eigenvalue weighted by Crippen LogP contribution is 2.09. The molecule has 0 N–H and O–H groups in total. The molecule has 50 valence electrons. The largest absolute Gasteiger partial charge is 0.0918 e. The summed E-state index contributed by atoms with van der Waals surface area (Å²) in [6.45, 7) is 0. The number of thiol groups is 1. The zero-order valence-corrected chi connectivity index (χ0v) is 6.78. The minimum Gasteiger partial charge on any atom is -0.0918 e. The summed E-state index contributed by atoms with van der Waals surface area (Å²) < 4.78 is 0. The van der Waals surface area contributed by atoms with E-state index in [-0.39, 0.29) is 0 Å². The predicted octanol–water partition coefficient (Wildman–Crippen LogP) is 2.58. The van der Waals surface area contributed by atoms with Crippen LogP contribution in [0, 0.1) is 11.2 Å². The van der Waals surface area contributed by atoms with Crippen molar-refractivity contribution < 1.29 is 0 Å². The van der Waals surface area contributed by atoms with Crippen molar-refractivity contribution in [2.24, 2.45) is 0 Å². The van der Waals surface area contributed by atoms with Crippen LogP contribution in [0.3, 0.4) is 0 Å². The molecule has 0 aliphatic heterocycles. The van der Waals surface area contributed by atoms with Gasteiger partial charge in [-0.05, 0) is 23.5 Å². The normalized spacial score (nSPS) is 8.20. The fraction of sp³-hybridized carbons (Fsp3) is 0. The molecule has 0 amide bonds. The third-order valence-electron chi connectivity index (χ3n) is 1.02. The minimum atomic E-state index is 0.702. The lowest BCUT2D eigenvalue weighted by Gasteiger charge is -1.88. The Morgan fingerprint density at radius 2 is 2.20 bits per heavy atom. The predicted molar refractivity (Wildman–Crippen MR) is 47.3 cm³/mol. The molecule has 0 atom stereocenters. The van der Waals surface area contributed by atoms with Gasteiger partial charge in [0.25, 0.3) is 0 Å². The van der Waals surface area contributed by atoms with Crippen LogP contribution < -0.4 is 0 Å². The van der Waals surface area contributed by atoms with Gasteiger partial charge >= 0.3 is 0 Å². The van der Waals surface area contributed by atoms with Crippen LogP contribution in [0.1, 0.15) is 5.56 Å². The van der Waals surface area contributed by atoms with Crippen molar-refractivity contribution in [3.8, 4) is 11.2 Å². The second-order valence-electron chi connectivity index (χ2n) is 1.75. The van der Waals surface area contributed by atoms with Gasteiger partial charge in [0.1, 0.15) is 0 Å². The van der Waals surface area contributed by atoms with E-state index in [1.165, 1.54) is 0 Å². The van der Waals surface area contributed by atoms with Gasteiger partial charge in [0.15, 0.2) is 0 Å². The number of halogens is 1. The van der Waals surface area contributed by atoms with Crippen LogP contribution in [-0.4, -0.2) is 0 Å². The summed E-state index contributed by atoms with van der Waals surface area (Å²) in [6, 6.07) is 7.35. The van der Waals surface area contributed by atoms with Gasteiger partial charge in [0.2, 0.25) is 0 Å². The van der Waals surface area contributed by atoms with E-state index in [2.05, 4.69) is 23.8 Å². The highest BCUT2D eigenvalue weighted by Gasteiger charge is 1.86. The highest BCUT2D eigenvalue weighted by molar-refractivity contribution is 7.85. The lowest BCUT2D eigenvalue weighted by molar-refractivity contribution is 1.65. The molecule has 0 nitrogen and oxygen atoms in total. The molecule has 0 saturated heterocycles. The van der Waals surface area contributed by atoms with Gasteiger partial charge in [-0.2, -0.15) is 0 Å². The van der Waals surface area contributed by atoms with Crippen molar-refractivity contribution in [3.05, 3.63) is 34.9 Å². The topological polar surface area (TPSA) is 0 Å². The van der Waals surface area contributed by atoms with E-state index in [1.807, 2.05) is 18.2 Å². The average Bonchev–Trinajstić information content (AvgIpc) is 1.88. The van der Waals surface area contributed by atoms with E-state index in [0.29, 0.717) is 5.02 Å². The molecule has 0 radical (unpaired) electrons. The fourth-order valence-corrected chi connectivity index (χ4v) is 0.950. The second kappa shape index (κ2) is 3.55.